The van der Waals surface area contributed by atoms with Crippen molar-refractivity contribution in [1.82, 2.24) is 4.90 Å². The molecular formula is C25H37NO2. The first-order chi connectivity index (χ1) is 13.5. The molecule has 4 rings (SSSR count). The molecule has 0 saturated heterocycles. The van der Waals surface area contributed by atoms with Gasteiger partial charge in [0.2, 0.25) is 0 Å². The van der Waals surface area contributed by atoms with E-state index in [4.69, 9.17) is 4.74 Å². The van der Waals surface area contributed by atoms with Crippen LogP contribution in [0.3, 0.4) is 0 Å². The van der Waals surface area contributed by atoms with Gasteiger partial charge in [0, 0.05) is 6.61 Å². The van der Waals surface area contributed by atoms with Gasteiger partial charge in [-0.3, -0.25) is 0 Å². The van der Waals surface area contributed by atoms with E-state index in [2.05, 4.69) is 38.1 Å². The molecule has 3 nitrogen and oxygen atoms in total. The lowest BCUT2D eigenvalue weighted by Crippen LogP contribution is -2.40. The van der Waals surface area contributed by atoms with Crippen molar-refractivity contribution in [3.63, 3.8) is 0 Å². The average molecular weight is 384 g/mol. The van der Waals surface area contributed by atoms with Crippen LogP contribution >= 0.6 is 0 Å². The minimum Gasteiger partial charge on any atom is -0.508 e. The van der Waals surface area contributed by atoms with E-state index in [1.807, 2.05) is 12.1 Å². The lowest BCUT2D eigenvalue weighted by molar-refractivity contribution is 0.0802. The number of fused-ring (bicyclic) bond motifs is 5. The normalized spacial score (nSPS) is 33.0. The van der Waals surface area contributed by atoms with Gasteiger partial charge in [0.05, 0.1) is 6.61 Å². The molecule has 1 aromatic rings. The number of allylic oxidation sites excluding steroid dienone is 1. The quantitative estimate of drug-likeness (QED) is 0.545. The predicted molar refractivity (Wildman–Crippen MR) is 115 cm³/mol. The van der Waals surface area contributed by atoms with Gasteiger partial charge in [-0.25, -0.2) is 0 Å². The number of phenols is 1. The summed E-state index contributed by atoms with van der Waals surface area (Å²) in [6.07, 6.45) is 11.1. The molecule has 0 radical (unpaired) electrons. The van der Waals surface area contributed by atoms with Gasteiger partial charge in [-0.1, -0.05) is 24.6 Å². The molecule has 2 saturated carbocycles. The van der Waals surface area contributed by atoms with E-state index < -0.39 is 0 Å². The SMILES string of the molecule is CN(C)CCCOC/C=C1\CCC2C3CCc4cc(O)ccc4C3CCC12C. The van der Waals surface area contributed by atoms with Crippen LogP contribution in [0.1, 0.15) is 62.5 Å². The summed E-state index contributed by atoms with van der Waals surface area (Å²) in [6.45, 7) is 5.27. The topological polar surface area (TPSA) is 32.7 Å². The molecule has 3 aliphatic carbocycles. The van der Waals surface area contributed by atoms with Gasteiger partial charge in [-0.2, -0.15) is 0 Å². The molecule has 154 valence electrons. The number of hydrogen-bond acceptors (Lipinski definition) is 3. The molecule has 0 aliphatic heterocycles. The van der Waals surface area contributed by atoms with Crippen LogP contribution in [-0.2, 0) is 11.2 Å². The van der Waals surface area contributed by atoms with Gasteiger partial charge in [0.1, 0.15) is 5.75 Å². The van der Waals surface area contributed by atoms with Crippen molar-refractivity contribution >= 4 is 0 Å². The van der Waals surface area contributed by atoms with Gasteiger partial charge in [-0.05, 0) is 112 Å². The van der Waals surface area contributed by atoms with Crippen molar-refractivity contribution in [1.29, 1.82) is 0 Å². The van der Waals surface area contributed by atoms with Crippen LogP contribution in [0, 0.1) is 17.3 Å². The summed E-state index contributed by atoms with van der Waals surface area (Å²) < 4.78 is 5.91. The van der Waals surface area contributed by atoms with Crippen molar-refractivity contribution in [3.05, 3.63) is 41.0 Å². The second-order valence-electron chi connectivity index (χ2n) is 9.75. The van der Waals surface area contributed by atoms with E-state index in [1.165, 1.54) is 43.2 Å². The Morgan fingerprint density at radius 2 is 2.07 bits per heavy atom. The molecule has 4 unspecified atom stereocenters. The summed E-state index contributed by atoms with van der Waals surface area (Å²) in [5.41, 5.74) is 4.96. The van der Waals surface area contributed by atoms with Crippen LogP contribution in [0.4, 0.5) is 0 Å². The van der Waals surface area contributed by atoms with E-state index in [-0.39, 0.29) is 0 Å². The van der Waals surface area contributed by atoms with Crippen LogP contribution < -0.4 is 0 Å². The van der Waals surface area contributed by atoms with Gasteiger partial charge >= 0.3 is 0 Å². The second-order valence-corrected chi connectivity index (χ2v) is 9.75. The Balaban J connectivity index is 1.41. The van der Waals surface area contributed by atoms with E-state index in [0.717, 1.165) is 44.4 Å². The highest BCUT2D eigenvalue weighted by molar-refractivity contribution is 5.40. The highest BCUT2D eigenvalue weighted by Crippen LogP contribution is 2.62. The Bertz CT molecular complexity index is 725. The Morgan fingerprint density at radius 3 is 2.89 bits per heavy atom. The fourth-order valence-corrected chi connectivity index (χ4v) is 6.48. The summed E-state index contributed by atoms with van der Waals surface area (Å²) in [5.74, 6) is 2.74. The maximum Gasteiger partial charge on any atom is 0.115 e. The Morgan fingerprint density at radius 1 is 1.21 bits per heavy atom. The van der Waals surface area contributed by atoms with Gasteiger partial charge in [0.15, 0.2) is 0 Å². The largest absolute Gasteiger partial charge is 0.508 e. The molecule has 0 spiro atoms. The predicted octanol–water partition coefficient (Wildman–Crippen LogP) is 5.14. The third-order valence-corrected chi connectivity index (χ3v) is 7.90. The van der Waals surface area contributed by atoms with E-state index in [0.29, 0.717) is 17.1 Å². The molecule has 0 bridgehead atoms. The molecule has 1 N–H and O–H groups in total. The molecule has 4 atom stereocenters. The zero-order chi connectivity index (χ0) is 19.7. The Kier molecular flexibility index (Phi) is 5.85. The smallest absolute Gasteiger partial charge is 0.115 e. The van der Waals surface area contributed by atoms with Crippen molar-refractivity contribution in [2.24, 2.45) is 17.3 Å². The number of phenolic OH excluding ortho intramolecular Hbond substituents is 1. The molecule has 2 fully saturated rings. The first-order valence-corrected chi connectivity index (χ1v) is 11.2. The summed E-state index contributed by atoms with van der Waals surface area (Å²) in [4.78, 5) is 2.21. The monoisotopic (exact) mass is 383 g/mol. The number of hydrogen-bond donors (Lipinski definition) is 1. The number of ether oxygens (including phenoxy) is 1. The molecule has 0 amide bonds. The van der Waals surface area contributed by atoms with E-state index in [9.17, 15) is 5.11 Å². The number of benzene rings is 1. The van der Waals surface area contributed by atoms with E-state index >= 15 is 0 Å². The third-order valence-electron chi connectivity index (χ3n) is 7.90. The van der Waals surface area contributed by atoms with Crippen molar-refractivity contribution in [2.45, 2.75) is 57.8 Å². The van der Waals surface area contributed by atoms with E-state index in [1.54, 1.807) is 5.57 Å². The summed E-state index contributed by atoms with van der Waals surface area (Å²) in [6, 6.07) is 6.10. The van der Waals surface area contributed by atoms with Gasteiger partial charge in [0.25, 0.3) is 0 Å². The zero-order valence-electron chi connectivity index (χ0n) is 17.9. The van der Waals surface area contributed by atoms with Crippen LogP contribution in [0.5, 0.6) is 5.75 Å². The van der Waals surface area contributed by atoms with Gasteiger partial charge < -0.3 is 14.7 Å². The van der Waals surface area contributed by atoms with Crippen molar-refractivity contribution < 1.29 is 9.84 Å². The summed E-state index contributed by atoms with van der Waals surface area (Å²) in [7, 11) is 4.23. The number of aromatic hydroxyl groups is 1. The molecule has 3 heteroatoms. The van der Waals surface area contributed by atoms with Crippen molar-refractivity contribution in [2.75, 3.05) is 33.9 Å². The lowest BCUT2D eigenvalue weighted by atomic mass is 9.55. The third kappa shape index (κ3) is 3.76. The van der Waals surface area contributed by atoms with Crippen LogP contribution in [0.25, 0.3) is 0 Å². The highest BCUT2D eigenvalue weighted by Gasteiger charge is 2.52. The van der Waals surface area contributed by atoms with Crippen LogP contribution in [-0.4, -0.2) is 43.9 Å². The zero-order valence-corrected chi connectivity index (χ0v) is 17.9. The fraction of sp³-hybridized carbons (Fsp3) is 0.680. The molecular weight excluding hydrogens is 346 g/mol. The van der Waals surface area contributed by atoms with Gasteiger partial charge in [-0.15, -0.1) is 0 Å². The standard InChI is InChI=1S/C25H37NO2/c1-25-13-11-22-21-9-7-20(27)17-18(21)5-8-23(22)24(25)10-6-19(25)12-16-28-15-4-14-26(2)3/h7,9,12,17,22-24,27H,4-6,8,10-11,13-16H2,1-3H3/b19-12+. The number of rotatable bonds is 6. The molecule has 28 heavy (non-hydrogen) atoms. The minimum absolute atomic E-state index is 0.378. The Labute approximate surface area is 170 Å². The summed E-state index contributed by atoms with van der Waals surface area (Å²) >= 11 is 0. The number of nitrogens with zero attached hydrogens (tertiary/aromatic N) is 1. The first-order valence-electron chi connectivity index (χ1n) is 11.2. The maximum atomic E-state index is 9.85. The van der Waals surface area contributed by atoms with Crippen molar-refractivity contribution in [3.8, 4) is 5.75 Å². The molecule has 0 heterocycles. The Hall–Kier alpha value is -1.32. The minimum atomic E-state index is 0.378. The molecule has 0 aromatic heterocycles. The highest BCUT2D eigenvalue weighted by atomic mass is 16.5. The number of aryl methyl sites for hydroxylation is 1. The summed E-state index contributed by atoms with van der Waals surface area (Å²) in [5, 5.41) is 9.85. The van der Waals surface area contributed by atoms with Crippen LogP contribution in [0.2, 0.25) is 0 Å². The average Bonchev–Trinajstić information content (AvgIpc) is 3.00. The van der Waals surface area contributed by atoms with Crippen LogP contribution in [0.15, 0.2) is 29.8 Å². The second kappa shape index (κ2) is 8.20. The maximum absolute atomic E-state index is 9.85. The molecule has 1 aromatic carbocycles. The fourth-order valence-electron chi connectivity index (χ4n) is 6.48. The molecule has 3 aliphatic rings. The first kappa shape index (κ1) is 20.0. The lowest BCUT2D eigenvalue weighted by Gasteiger charge is -2.49.